The smallest absolute Gasteiger partial charge is 0.266 e. The van der Waals surface area contributed by atoms with Gasteiger partial charge in [0.25, 0.3) is 5.56 Å². The molecule has 1 aromatic heterocycles. The van der Waals surface area contributed by atoms with Crippen molar-refractivity contribution in [1.82, 2.24) is 9.78 Å². The van der Waals surface area contributed by atoms with Crippen LogP contribution in [0.25, 0.3) is 0 Å². The Bertz CT molecular complexity index is 482. The van der Waals surface area contributed by atoms with Crippen molar-refractivity contribution in [3.8, 4) is 0 Å². The summed E-state index contributed by atoms with van der Waals surface area (Å²) in [6, 6.07) is 3.09. The van der Waals surface area contributed by atoms with Gasteiger partial charge in [-0.25, -0.2) is 4.68 Å². The van der Waals surface area contributed by atoms with Crippen molar-refractivity contribution in [2.24, 2.45) is 7.05 Å². The first-order chi connectivity index (χ1) is 8.93. The van der Waals surface area contributed by atoms with Crippen LogP contribution < -0.4 is 10.5 Å². The average Bonchev–Trinajstić information content (AvgIpc) is 2.37. The summed E-state index contributed by atoms with van der Waals surface area (Å²) in [4.78, 5) is 13.1. The lowest BCUT2D eigenvalue weighted by molar-refractivity contribution is -0.0843. The van der Waals surface area contributed by atoms with Crippen LogP contribution in [-0.4, -0.2) is 34.5 Å². The Balaban J connectivity index is 2.90. The van der Waals surface area contributed by atoms with Crippen LogP contribution in [0.3, 0.4) is 0 Å². The largest absolute Gasteiger partial charge is 0.368 e. The number of aliphatic hydroxyl groups is 1. The molecule has 1 N–H and O–H groups in total. The van der Waals surface area contributed by atoms with E-state index in [1.54, 1.807) is 20.0 Å². The molecular formula is C13H21N3O3. The molecule has 0 aliphatic heterocycles. The van der Waals surface area contributed by atoms with Crippen LogP contribution in [0.1, 0.15) is 20.3 Å². The van der Waals surface area contributed by atoms with Gasteiger partial charge in [0.05, 0.1) is 0 Å². The summed E-state index contributed by atoms with van der Waals surface area (Å²) in [6.07, 6.45) is -0.0124. The Morgan fingerprint density at radius 2 is 2.32 bits per heavy atom. The molecule has 106 valence electrons. The zero-order valence-electron chi connectivity index (χ0n) is 11.7. The van der Waals surface area contributed by atoms with Crippen LogP contribution in [0.2, 0.25) is 0 Å². The molecule has 0 amide bonds. The van der Waals surface area contributed by atoms with Gasteiger partial charge in [0.15, 0.2) is 12.1 Å². The van der Waals surface area contributed by atoms with Crippen molar-refractivity contribution in [3.63, 3.8) is 0 Å². The van der Waals surface area contributed by atoms with Gasteiger partial charge in [-0.1, -0.05) is 19.1 Å². The summed E-state index contributed by atoms with van der Waals surface area (Å²) < 4.78 is 6.45. The van der Waals surface area contributed by atoms with E-state index in [0.29, 0.717) is 12.4 Å². The van der Waals surface area contributed by atoms with Crippen LogP contribution in [0.4, 0.5) is 5.82 Å². The van der Waals surface area contributed by atoms with E-state index < -0.39 is 6.29 Å². The van der Waals surface area contributed by atoms with E-state index in [2.05, 4.69) is 11.7 Å². The Kier molecular flexibility index (Phi) is 5.72. The summed E-state index contributed by atoms with van der Waals surface area (Å²) in [6.45, 7) is 8.26. The lowest BCUT2D eigenvalue weighted by atomic mass is 10.2. The second kappa shape index (κ2) is 7.06. The minimum absolute atomic E-state index is 0.172. The fourth-order valence-corrected chi connectivity index (χ4v) is 1.43. The SMILES string of the molecule is C=C(CC)CN(COC(C)O)c1ccc(=O)n(C)n1. The molecule has 0 fully saturated rings. The number of anilines is 1. The molecule has 0 saturated carbocycles. The van der Waals surface area contributed by atoms with Gasteiger partial charge in [-0.2, -0.15) is 5.10 Å². The first-order valence-corrected chi connectivity index (χ1v) is 6.19. The van der Waals surface area contributed by atoms with Gasteiger partial charge in [0.2, 0.25) is 0 Å². The molecule has 1 heterocycles. The van der Waals surface area contributed by atoms with Crippen LogP contribution in [0.5, 0.6) is 0 Å². The van der Waals surface area contributed by atoms with Gasteiger partial charge in [-0.15, -0.1) is 0 Å². The predicted octanol–water partition coefficient (Wildman–Crippen LogP) is 0.865. The number of hydrogen-bond acceptors (Lipinski definition) is 5. The van der Waals surface area contributed by atoms with Crippen LogP contribution >= 0.6 is 0 Å². The third kappa shape index (κ3) is 4.84. The van der Waals surface area contributed by atoms with Crippen LogP contribution in [0.15, 0.2) is 29.1 Å². The molecule has 1 rings (SSSR count). The molecule has 0 aromatic carbocycles. The lowest BCUT2D eigenvalue weighted by Gasteiger charge is -2.25. The molecule has 0 aliphatic rings. The normalized spacial score (nSPS) is 12.2. The maximum atomic E-state index is 11.3. The number of aromatic nitrogens is 2. The fourth-order valence-electron chi connectivity index (χ4n) is 1.43. The highest BCUT2D eigenvalue weighted by molar-refractivity contribution is 5.37. The number of hydrogen-bond donors (Lipinski definition) is 1. The lowest BCUT2D eigenvalue weighted by Crippen LogP contribution is -2.33. The third-order valence-corrected chi connectivity index (χ3v) is 2.66. The first kappa shape index (κ1) is 15.4. The van der Waals surface area contributed by atoms with E-state index in [4.69, 9.17) is 4.74 Å². The molecule has 0 saturated heterocycles. The average molecular weight is 267 g/mol. The third-order valence-electron chi connectivity index (χ3n) is 2.66. The summed E-state index contributed by atoms with van der Waals surface area (Å²) >= 11 is 0. The molecule has 6 nitrogen and oxygen atoms in total. The topological polar surface area (TPSA) is 67.6 Å². The Morgan fingerprint density at radius 3 is 2.84 bits per heavy atom. The van der Waals surface area contributed by atoms with Gasteiger partial charge in [-0.05, 0) is 19.4 Å². The maximum absolute atomic E-state index is 11.3. The minimum Gasteiger partial charge on any atom is -0.368 e. The van der Waals surface area contributed by atoms with E-state index >= 15 is 0 Å². The summed E-state index contributed by atoms with van der Waals surface area (Å²) in [5.74, 6) is 0.609. The molecule has 0 spiro atoms. The number of aryl methyl sites for hydroxylation is 1. The van der Waals surface area contributed by atoms with Crippen molar-refractivity contribution >= 4 is 5.82 Å². The first-order valence-electron chi connectivity index (χ1n) is 6.19. The Morgan fingerprint density at radius 1 is 1.63 bits per heavy atom. The molecule has 19 heavy (non-hydrogen) atoms. The second-order valence-electron chi connectivity index (χ2n) is 4.35. The summed E-state index contributed by atoms with van der Waals surface area (Å²) in [5.41, 5.74) is 0.847. The second-order valence-corrected chi connectivity index (χ2v) is 4.35. The number of aliphatic hydroxyl groups excluding tert-OH is 1. The van der Waals surface area contributed by atoms with Gasteiger partial charge >= 0.3 is 0 Å². The molecule has 1 unspecified atom stereocenters. The fraction of sp³-hybridized carbons (Fsp3) is 0.538. The predicted molar refractivity (Wildman–Crippen MR) is 73.9 cm³/mol. The quantitative estimate of drug-likeness (QED) is 0.586. The van der Waals surface area contributed by atoms with Crippen molar-refractivity contribution in [1.29, 1.82) is 0 Å². The van der Waals surface area contributed by atoms with E-state index in [1.165, 1.54) is 10.7 Å². The summed E-state index contributed by atoms with van der Waals surface area (Å²) in [5, 5.41) is 13.4. The number of rotatable bonds is 7. The highest BCUT2D eigenvalue weighted by Gasteiger charge is 2.11. The van der Waals surface area contributed by atoms with Gasteiger partial charge in [0, 0.05) is 19.7 Å². The van der Waals surface area contributed by atoms with E-state index in [1.807, 2.05) is 11.8 Å². The molecule has 1 aromatic rings. The Labute approximate surface area is 112 Å². The van der Waals surface area contributed by atoms with Crippen LogP contribution in [-0.2, 0) is 11.8 Å². The molecular weight excluding hydrogens is 246 g/mol. The van der Waals surface area contributed by atoms with Crippen molar-refractivity contribution < 1.29 is 9.84 Å². The molecule has 0 bridgehead atoms. The van der Waals surface area contributed by atoms with Crippen LogP contribution in [0, 0.1) is 0 Å². The van der Waals surface area contributed by atoms with Gasteiger partial charge in [-0.3, -0.25) is 4.79 Å². The van der Waals surface area contributed by atoms with E-state index in [9.17, 15) is 9.90 Å². The van der Waals surface area contributed by atoms with Gasteiger partial charge in [0.1, 0.15) is 6.73 Å². The maximum Gasteiger partial charge on any atom is 0.266 e. The zero-order valence-corrected chi connectivity index (χ0v) is 11.7. The van der Waals surface area contributed by atoms with E-state index in [0.717, 1.165) is 12.0 Å². The zero-order chi connectivity index (χ0) is 14.4. The standard InChI is InChI=1S/C13H21N3O3/c1-5-10(2)8-16(9-19-11(3)17)12-6-7-13(18)15(4)14-12/h6-7,11,17H,2,5,8-9H2,1,3-4H3. The minimum atomic E-state index is -0.857. The molecule has 1 atom stereocenters. The van der Waals surface area contributed by atoms with Gasteiger partial charge < -0.3 is 14.7 Å². The van der Waals surface area contributed by atoms with Crippen molar-refractivity contribution in [2.75, 3.05) is 18.2 Å². The molecule has 0 aliphatic carbocycles. The van der Waals surface area contributed by atoms with Crippen molar-refractivity contribution in [2.45, 2.75) is 26.6 Å². The highest BCUT2D eigenvalue weighted by atomic mass is 16.6. The monoisotopic (exact) mass is 267 g/mol. The number of ether oxygens (including phenoxy) is 1. The highest BCUT2D eigenvalue weighted by Crippen LogP contribution is 2.11. The van der Waals surface area contributed by atoms with Crippen molar-refractivity contribution in [3.05, 3.63) is 34.6 Å². The molecule has 0 radical (unpaired) electrons. The van der Waals surface area contributed by atoms with E-state index in [-0.39, 0.29) is 12.3 Å². The number of nitrogens with zero attached hydrogens (tertiary/aromatic N) is 3. The Hall–Kier alpha value is -1.66. The molecule has 6 heteroatoms. The summed E-state index contributed by atoms with van der Waals surface area (Å²) in [7, 11) is 1.59.